The topological polar surface area (TPSA) is 47.7 Å². The lowest BCUT2D eigenvalue weighted by Crippen LogP contribution is -2.43. The summed E-state index contributed by atoms with van der Waals surface area (Å²) in [5.41, 5.74) is 8.56. The summed E-state index contributed by atoms with van der Waals surface area (Å²) in [5, 5.41) is 0. The molecule has 0 amide bonds. The number of aryl methyl sites for hydroxylation is 1. The van der Waals surface area contributed by atoms with Gasteiger partial charge in [-0.15, -0.1) is 0 Å². The summed E-state index contributed by atoms with van der Waals surface area (Å²) in [5.74, 6) is 0.963. The maximum absolute atomic E-state index is 6.12. The molecular weight excluding hydrogens is 264 g/mol. The van der Waals surface area contributed by atoms with Gasteiger partial charge in [-0.05, 0) is 50.3 Å². The third-order valence-corrected chi connectivity index (χ3v) is 4.36. The molecule has 0 radical (unpaired) electrons. The van der Waals surface area contributed by atoms with Crippen molar-refractivity contribution in [2.24, 2.45) is 5.73 Å². The number of anilines is 1. The van der Waals surface area contributed by atoms with E-state index in [9.17, 15) is 0 Å². The molecule has 0 spiro atoms. The Labute approximate surface area is 127 Å². The van der Waals surface area contributed by atoms with Crippen molar-refractivity contribution < 1.29 is 9.47 Å². The van der Waals surface area contributed by atoms with Crippen LogP contribution in [0.15, 0.2) is 18.2 Å². The van der Waals surface area contributed by atoms with Crippen LogP contribution >= 0.6 is 0 Å². The van der Waals surface area contributed by atoms with E-state index in [4.69, 9.17) is 15.2 Å². The Morgan fingerprint density at radius 2 is 2.24 bits per heavy atom. The zero-order chi connectivity index (χ0) is 14.7. The maximum atomic E-state index is 6.12. The molecule has 2 fully saturated rings. The van der Waals surface area contributed by atoms with Crippen molar-refractivity contribution >= 4 is 5.69 Å². The Bertz CT molecular complexity index is 472. The number of benzene rings is 1. The average molecular weight is 290 g/mol. The highest BCUT2D eigenvalue weighted by atomic mass is 16.5. The first-order valence-corrected chi connectivity index (χ1v) is 8.08. The summed E-state index contributed by atoms with van der Waals surface area (Å²) in [6.45, 7) is 5.62. The first-order valence-electron chi connectivity index (χ1n) is 8.08. The van der Waals surface area contributed by atoms with E-state index < -0.39 is 0 Å². The molecule has 2 N–H and O–H groups in total. The van der Waals surface area contributed by atoms with E-state index in [-0.39, 0.29) is 12.1 Å². The van der Waals surface area contributed by atoms with E-state index in [1.165, 1.54) is 11.3 Å². The van der Waals surface area contributed by atoms with E-state index >= 15 is 0 Å². The fourth-order valence-corrected chi connectivity index (χ4v) is 3.18. The second kappa shape index (κ2) is 6.67. The summed E-state index contributed by atoms with van der Waals surface area (Å²) in [7, 11) is 0. The molecule has 4 nitrogen and oxygen atoms in total. The summed E-state index contributed by atoms with van der Waals surface area (Å²) in [6, 6.07) is 6.67. The van der Waals surface area contributed by atoms with Crippen LogP contribution in [0.5, 0.6) is 5.75 Å². The third-order valence-electron chi connectivity index (χ3n) is 4.36. The van der Waals surface area contributed by atoms with Crippen molar-refractivity contribution in [1.82, 2.24) is 0 Å². The van der Waals surface area contributed by atoms with Crippen LogP contribution in [0.3, 0.4) is 0 Å². The van der Waals surface area contributed by atoms with Crippen LogP contribution in [0.4, 0.5) is 5.69 Å². The minimum Gasteiger partial charge on any atom is -0.489 e. The zero-order valence-electron chi connectivity index (χ0n) is 12.9. The van der Waals surface area contributed by atoms with Gasteiger partial charge in [0, 0.05) is 25.7 Å². The first-order chi connectivity index (χ1) is 10.2. The molecule has 1 aromatic carbocycles. The molecule has 3 rings (SSSR count). The van der Waals surface area contributed by atoms with E-state index in [1.807, 2.05) is 0 Å². The number of nitrogens with two attached hydrogens (primary N) is 1. The lowest BCUT2D eigenvalue weighted by molar-refractivity contribution is 0.0681. The number of piperidine rings is 1. The Morgan fingerprint density at radius 1 is 1.33 bits per heavy atom. The number of hydrogen-bond donors (Lipinski definition) is 1. The molecule has 21 heavy (non-hydrogen) atoms. The monoisotopic (exact) mass is 290 g/mol. The lowest BCUT2D eigenvalue weighted by atomic mass is 10.0. The minimum absolute atomic E-state index is 0.253. The summed E-state index contributed by atoms with van der Waals surface area (Å²) in [6.07, 6.45) is 4.78. The van der Waals surface area contributed by atoms with Gasteiger partial charge in [0.2, 0.25) is 0 Å². The normalized spacial score (nSPS) is 26.1. The molecule has 1 aromatic rings. The van der Waals surface area contributed by atoms with Crippen molar-refractivity contribution in [2.75, 3.05) is 31.2 Å². The molecule has 2 saturated heterocycles. The number of rotatable bonds is 4. The van der Waals surface area contributed by atoms with E-state index in [0.717, 1.165) is 51.1 Å². The van der Waals surface area contributed by atoms with Gasteiger partial charge in [-0.2, -0.15) is 0 Å². The predicted octanol–water partition coefficient (Wildman–Crippen LogP) is 2.48. The SMILES string of the molecule is Cc1ccc(OCC2CCCO2)c(N2CCCC(N)C2)c1. The first kappa shape index (κ1) is 14.7. The number of nitrogens with zero attached hydrogens (tertiary/aromatic N) is 1. The molecular formula is C17H26N2O2. The van der Waals surface area contributed by atoms with Gasteiger partial charge in [-0.25, -0.2) is 0 Å². The molecule has 2 aliphatic rings. The lowest BCUT2D eigenvalue weighted by Gasteiger charge is -2.34. The fourth-order valence-electron chi connectivity index (χ4n) is 3.18. The Hall–Kier alpha value is -1.26. The quantitative estimate of drug-likeness (QED) is 0.925. The van der Waals surface area contributed by atoms with Crippen molar-refractivity contribution in [1.29, 1.82) is 0 Å². The van der Waals surface area contributed by atoms with Crippen molar-refractivity contribution in [3.05, 3.63) is 23.8 Å². The van der Waals surface area contributed by atoms with Crippen molar-refractivity contribution in [2.45, 2.75) is 44.8 Å². The van der Waals surface area contributed by atoms with Crippen molar-refractivity contribution in [3.8, 4) is 5.75 Å². The molecule has 0 aromatic heterocycles. The van der Waals surface area contributed by atoms with Crippen LogP contribution in [0.1, 0.15) is 31.2 Å². The van der Waals surface area contributed by atoms with E-state index in [2.05, 4.69) is 30.0 Å². The Kier molecular flexibility index (Phi) is 4.66. The highest BCUT2D eigenvalue weighted by molar-refractivity contribution is 5.60. The molecule has 2 heterocycles. The molecule has 4 heteroatoms. The van der Waals surface area contributed by atoms with E-state index in [0.29, 0.717) is 6.61 Å². The zero-order valence-corrected chi connectivity index (χ0v) is 12.9. The van der Waals surface area contributed by atoms with E-state index in [1.54, 1.807) is 0 Å². The minimum atomic E-state index is 0.253. The molecule has 2 aliphatic heterocycles. The summed E-state index contributed by atoms with van der Waals surface area (Å²) >= 11 is 0. The number of ether oxygens (including phenoxy) is 2. The number of hydrogen-bond acceptors (Lipinski definition) is 4. The van der Waals surface area contributed by atoms with Crippen LogP contribution in [0.2, 0.25) is 0 Å². The smallest absolute Gasteiger partial charge is 0.142 e. The molecule has 0 saturated carbocycles. The van der Waals surface area contributed by atoms with Crippen LogP contribution in [-0.2, 0) is 4.74 Å². The molecule has 0 aliphatic carbocycles. The highest BCUT2D eigenvalue weighted by Crippen LogP contribution is 2.32. The Morgan fingerprint density at radius 3 is 3.00 bits per heavy atom. The van der Waals surface area contributed by atoms with Gasteiger partial charge in [-0.1, -0.05) is 6.07 Å². The van der Waals surface area contributed by atoms with Crippen LogP contribution in [-0.4, -0.2) is 38.4 Å². The standard InChI is InChI=1S/C17H26N2O2/c1-13-6-7-17(21-12-15-5-3-9-20-15)16(10-13)19-8-2-4-14(18)11-19/h6-7,10,14-15H,2-5,8-9,11-12,18H2,1H3. The average Bonchev–Trinajstić information content (AvgIpc) is 2.99. The van der Waals surface area contributed by atoms with Crippen LogP contribution < -0.4 is 15.4 Å². The molecule has 2 atom stereocenters. The second-order valence-corrected chi connectivity index (χ2v) is 6.27. The van der Waals surface area contributed by atoms with Gasteiger partial charge in [0.15, 0.2) is 0 Å². The highest BCUT2D eigenvalue weighted by Gasteiger charge is 2.21. The van der Waals surface area contributed by atoms with Gasteiger partial charge >= 0.3 is 0 Å². The third kappa shape index (κ3) is 3.69. The maximum Gasteiger partial charge on any atom is 0.142 e. The molecule has 116 valence electrons. The molecule has 2 unspecified atom stereocenters. The van der Waals surface area contributed by atoms with Gasteiger partial charge in [0.25, 0.3) is 0 Å². The van der Waals surface area contributed by atoms with Crippen LogP contribution in [0, 0.1) is 6.92 Å². The fraction of sp³-hybridized carbons (Fsp3) is 0.647. The largest absolute Gasteiger partial charge is 0.489 e. The van der Waals surface area contributed by atoms with Gasteiger partial charge in [0.05, 0.1) is 11.8 Å². The molecule has 0 bridgehead atoms. The van der Waals surface area contributed by atoms with Crippen molar-refractivity contribution in [3.63, 3.8) is 0 Å². The Balaban J connectivity index is 1.72. The van der Waals surface area contributed by atoms with Crippen LogP contribution in [0.25, 0.3) is 0 Å². The predicted molar refractivity (Wildman–Crippen MR) is 85.1 cm³/mol. The van der Waals surface area contributed by atoms with Gasteiger partial charge in [-0.3, -0.25) is 0 Å². The van der Waals surface area contributed by atoms with Gasteiger partial charge < -0.3 is 20.1 Å². The van der Waals surface area contributed by atoms with Gasteiger partial charge in [0.1, 0.15) is 12.4 Å². The second-order valence-electron chi connectivity index (χ2n) is 6.27. The summed E-state index contributed by atoms with van der Waals surface area (Å²) < 4.78 is 11.7. The summed E-state index contributed by atoms with van der Waals surface area (Å²) in [4.78, 5) is 2.37.